The highest BCUT2D eigenvalue weighted by Crippen LogP contribution is 2.62. The first kappa shape index (κ1) is 33.4. The first-order chi connectivity index (χ1) is 28.7. The van der Waals surface area contributed by atoms with E-state index in [0.717, 1.165) is 61.6 Å². The summed E-state index contributed by atoms with van der Waals surface area (Å²) in [6.07, 6.45) is 0. The van der Waals surface area contributed by atoms with Crippen LogP contribution in [-0.2, 0) is 5.41 Å². The smallest absolute Gasteiger partial charge is 0.164 e. The summed E-state index contributed by atoms with van der Waals surface area (Å²) in [5.41, 5.74) is 13.5. The van der Waals surface area contributed by atoms with Crippen LogP contribution in [0.3, 0.4) is 0 Å². The first-order valence-corrected chi connectivity index (χ1v) is 19.3. The van der Waals surface area contributed by atoms with Crippen molar-refractivity contribution in [3.63, 3.8) is 0 Å². The topological polar surface area (TPSA) is 71.7 Å². The van der Waals surface area contributed by atoms with E-state index in [1.807, 2.05) is 84.9 Å². The zero-order valence-electron chi connectivity index (χ0n) is 31.2. The molecule has 0 saturated heterocycles. The van der Waals surface area contributed by atoms with Crippen LogP contribution in [0.5, 0.6) is 11.5 Å². The molecule has 1 aliphatic heterocycles. The van der Waals surface area contributed by atoms with Gasteiger partial charge in [-0.15, -0.1) is 0 Å². The Labute approximate surface area is 336 Å². The van der Waals surface area contributed by atoms with E-state index >= 15 is 0 Å². The standard InChI is InChI=1S/C53H32N4O/c54-33-40-18-7-8-21-41(40)38-27-29-49-47(32-38)53(44-24-11-9-22-42(44)43-23-10-12-25-45(43)53)46-31-37(26-28-48(46)58-49)36-19-13-20-39(30-36)52-56-50(34-14-3-1-4-15-34)55-51(57-52)35-16-5-2-6-17-35/h1-32H. The summed E-state index contributed by atoms with van der Waals surface area (Å²) in [7, 11) is 0. The molecule has 0 radical (unpaired) electrons. The fourth-order valence-electron chi connectivity index (χ4n) is 8.86. The molecule has 0 bridgehead atoms. The second-order valence-corrected chi connectivity index (χ2v) is 14.6. The summed E-state index contributed by atoms with van der Waals surface area (Å²) in [5, 5.41) is 10.1. The molecule has 0 fully saturated rings. The van der Waals surface area contributed by atoms with Gasteiger partial charge in [-0.25, -0.2) is 15.0 Å². The molecular formula is C53H32N4O. The van der Waals surface area contributed by atoms with Crippen LogP contribution in [0.15, 0.2) is 194 Å². The maximum Gasteiger partial charge on any atom is 0.164 e. The van der Waals surface area contributed by atoms with E-state index < -0.39 is 5.41 Å². The number of nitriles is 1. The van der Waals surface area contributed by atoms with Gasteiger partial charge in [0.1, 0.15) is 11.5 Å². The highest BCUT2D eigenvalue weighted by atomic mass is 16.5. The molecular weight excluding hydrogens is 709 g/mol. The van der Waals surface area contributed by atoms with Gasteiger partial charge in [0.15, 0.2) is 17.5 Å². The van der Waals surface area contributed by atoms with Gasteiger partial charge >= 0.3 is 0 Å². The number of hydrogen-bond acceptors (Lipinski definition) is 5. The zero-order chi connectivity index (χ0) is 38.6. The highest BCUT2D eigenvalue weighted by molar-refractivity contribution is 5.90. The molecule has 1 aromatic heterocycles. The minimum absolute atomic E-state index is 0.602. The molecule has 0 N–H and O–H groups in total. The Morgan fingerprint density at radius 1 is 0.362 bits per heavy atom. The number of ether oxygens (including phenoxy) is 1. The largest absolute Gasteiger partial charge is 0.457 e. The van der Waals surface area contributed by atoms with E-state index in [1.165, 1.54) is 22.3 Å². The van der Waals surface area contributed by atoms with Gasteiger partial charge in [0, 0.05) is 27.8 Å². The lowest BCUT2D eigenvalue weighted by Crippen LogP contribution is -2.32. The van der Waals surface area contributed by atoms with Crippen LogP contribution in [0, 0.1) is 11.3 Å². The summed E-state index contributed by atoms with van der Waals surface area (Å²) in [6.45, 7) is 0. The Morgan fingerprint density at radius 2 is 0.810 bits per heavy atom. The van der Waals surface area contributed by atoms with Crippen molar-refractivity contribution in [1.29, 1.82) is 5.26 Å². The molecule has 5 heteroatoms. The lowest BCUT2D eigenvalue weighted by Gasteiger charge is -2.40. The second-order valence-electron chi connectivity index (χ2n) is 14.6. The molecule has 2 heterocycles. The maximum atomic E-state index is 10.1. The van der Waals surface area contributed by atoms with Crippen molar-refractivity contribution in [1.82, 2.24) is 15.0 Å². The Morgan fingerprint density at radius 3 is 1.41 bits per heavy atom. The van der Waals surface area contributed by atoms with E-state index in [-0.39, 0.29) is 0 Å². The summed E-state index contributed by atoms with van der Waals surface area (Å²) in [6, 6.07) is 69.1. The third-order valence-electron chi connectivity index (χ3n) is 11.5. The Hall–Kier alpha value is -7.94. The van der Waals surface area contributed by atoms with E-state index in [0.29, 0.717) is 23.0 Å². The quantitative estimate of drug-likeness (QED) is 0.176. The normalized spacial score (nSPS) is 12.7. The van der Waals surface area contributed by atoms with Crippen LogP contribution in [0.2, 0.25) is 0 Å². The number of hydrogen-bond donors (Lipinski definition) is 0. The molecule has 2 aliphatic rings. The monoisotopic (exact) mass is 740 g/mol. The number of benzene rings is 8. The molecule has 1 spiro atoms. The van der Waals surface area contributed by atoms with Crippen LogP contribution in [0.4, 0.5) is 0 Å². The van der Waals surface area contributed by atoms with Crippen molar-refractivity contribution >= 4 is 0 Å². The average Bonchev–Trinajstić information content (AvgIpc) is 3.60. The third kappa shape index (κ3) is 5.20. The van der Waals surface area contributed by atoms with Crippen molar-refractivity contribution in [3.8, 4) is 85.1 Å². The first-order valence-electron chi connectivity index (χ1n) is 19.3. The molecule has 0 saturated carbocycles. The molecule has 0 unspecified atom stereocenters. The maximum absolute atomic E-state index is 10.1. The van der Waals surface area contributed by atoms with Crippen LogP contribution < -0.4 is 4.74 Å². The van der Waals surface area contributed by atoms with Crippen molar-refractivity contribution in [3.05, 3.63) is 222 Å². The summed E-state index contributed by atoms with van der Waals surface area (Å²) in [4.78, 5) is 14.9. The van der Waals surface area contributed by atoms with E-state index in [2.05, 4.69) is 115 Å². The predicted octanol–water partition coefficient (Wildman–Crippen LogP) is 12.5. The average molecular weight is 741 g/mol. The summed E-state index contributed by atoms with van der Waals surface area (Å²) >= 11 is 0. The summed E-state index contributed by atoms with van der Waals surface area (Å²) < 4.78 is 6.84. The van der Waals surface area contributed by atoms with Gasteiger partial charge < -0.3 is 4.74 Å². The van der Waals surface area contributed by atoms with Gasteiger partial charge in [0.25, 0.3) is 0 Å². The fraction of sp³-hybridized carbons (Fsp3) is 0.0189. The minimum Gasteiger partial charge on any atom is -0.457 e. The third-order valence-corrected chi connectivity index (χ3v) is 11.5. The molecule has 270 valence electrons. The Balaban J connectivity index is 1.11. The Kier molecular flexibility index (Phi) is 7.70. The molecule has 0 amide bonds. The van der Waals surface area contributed by atoms with Gasteiger partial charge in [-0.1, -0.05) is 158 Å². The van der Waals surface area contributed by atoms with Crippen LogP contribution in [0.1, 0.15) is 27.8 Å². The molecule has 1 aliphatic carbocycles. The molecule has 58 heavy (non-hydrogen) atoms. The van der Waals surface area contributed by atoms with E-state index in [9.17, 15) is 5.26 Å². The van der Waals surface area contributed by atoms with Crippen LogP contribution in [-0.4, -0.2) is 15.0 Å². The van der Waals surface area contributed by atoms with Gasteiger partial charge in [-0.2, -0.15) is 5.26 Å². The minimum atomic E-state index is -0.690. The zero-order valence-corrected chi connectivity index (χ0v) is 31.2. The van der Waals surface area contributed by atoms with Crippen molar-refractivity contribution in [2.75, 3.05) is 0 Å². The lowest BCUT2D eigenvalue weighted by atomic mass is 9.65. The number of fused-ring (bicyclic) bond motifs is 9. The highest BCUT2D eigenvalue weighted by Gasteiger charge is 2.51. The van der Waals surface area contributed by atoms with Gasteiger partial charge in [0.2, 0.25) is 0 Å². The van der Waals surface area contributed by atoms with Gasteiger partial charge in [-0.3, -0.25) is 0 Å². The van der Waals surface area contributed by atoms with Gasteiger partial charge in [0.05, 0.1) is 17.0 Å². The van der Waals surface area contributed by atoms with E-state index in [4.69, 9.17) is 19.7 Å². The SMILES string of the molecule is N#Cc1ccccc1-c1ccc2c(c1)C1(c3cc(-c4cccc(-c5nc(-c6ccccc6)nc(-c6ccccc6)n5)c4)ccc3O2)c2ccccc2-c2ccccc21. The molecule has 11 rings (SSSR count). The molecule has 5 nitrogen and oxygen atoms in total. The van der Waals surface area contributed by atoms with E-state index in [1.54, 1.807) is 0 Å². The molecule has 9 aromatic rings. The number of aromatic nitrogens is 3. The fourth-order valence-corrected chi connectivity index (χ4v) is 8.86. The van der Waals surface area contributed by atoms with Crippen molar-refractivity contribution in [2.24, 2.45) is 0 Å². The van der Waals surface area contributed by atoms with Crippen molar-refractivity contribution in [2.45, 2.75) is 5.41 Å². The van der Waals surface area contributed by atoms with Crippen LogP contribution >= 0.6 is 0 Å². The van der Waals surface area contributed by atoms with Gasteiger partial charge in [-0.05, 0) is 80.9 Å². The lowest BCUT2D eigenvalue weighted by molar-refractivity contribution is 0.436. The number of nitrogens with zero attached hydrogens (tertiary/aromatic N) is 4. The molecule has 0 atom stereocenters. The second kappa shape index (κ2) is 13.4. The Bertz CT molecular complexity index is 3010. The van der Waals surface area contributed by atoms with Crippen molar-refractivity contribution < 1.29 is 4.74 Å². The summed E-state index contributed by atoms with van der Waals surface area (Å²) in [5.74, 6) is 3.45. The molecule has 8 aromatic carbocycles. The number of rotatable bonds is 5. The van der Waals surface area contributed by atoms with Crippen LogP contribution in [0.25, 0.3) is 67.5 Å². The predicted molar refractivity (Wildman–Crippen MR) is 229 cm³/mol.